The highest BCUT2D eigenvalue weighted by Crippen LogP contribution is 2.28. The van der Waals surface area contributed by atoms with Crippen molar-refractivity contribution in [2.75, 3.05) is 0 Å². The lowest BCUT2D eigenvalue weighted by Crippen LogP contribution is -1.96. The molecule has 0 saturated carbocycles. The van der Waals surface area contributed by atoms with Gasteiger partial charge >= 0.3 is 0 Å². The van der Waals surface area contributed by atoms with E-state index in [1.807, 2.05) is 43.3 Å². The van der Waals surface area contributed by atoms with E-state index in [1.165, 1.54) is 0 Å². The second-order valence-electron chi connectivity index (χ2n) is 4.74. The zero-order valence-corrected chi connectivity index (χ0v) is 11.8. The number of nitrogens with zero attached hydrogens (tertiary/aromatic N) is 2. The molecule has 1 N–H and O–H groups in total. The maximum atomic E-state index is 9.33. The van der Waals surface area contributed by atoms with Crippen LogP contribution in [-0.4, -0.2) is 15.1 Å². The number of aromatic nitrogens is 2. The molecule has 0 aliphatic rings. The molecule has 0 fully saturated rings. The summed E-state index contributed by atoms with van der Waals surface area (Å²) in [6, 6.07) is 13.2. The number of aryl methyl sites for hydroxylation is 1. The lowest BCUT2D eigenvalue weighted by atomic mass is 10.2. The number of benzene rings is 1. The largest absolute Gasteiger partial charge is 0.438 e. The first kappa shape index (κ1) is 13.5. The van der Waals surface area contributed by atoms with E-state index in [9.17, 15) is 5.11 Å². The van der Waals surface area contributed by atoms with Crippen molar-refractivity contribution in [2.24, 2.45) is 0 Å². The maximum Gasteiger partial charge on any atom is 0.219 e. The van der Waals surface area contributed by atoms with Gasteiger partial charge in [0.2, 0.25) is 5.88 Å². The summed E-state index contributed by atoms with van der Waals surface area (Å²) < 4.78 is 5.91. The van der Waals surface area contributed by atoms with Gasteiger partial charge in [0.1, 0.15) is 5.75 Å². The van der Waals surface area contributed by atoms with Gasteiger partial charge in [0.05, 0.1) is 12.1 Å². The quantitative estimate of drug-likeness (QED) is 0.795. The summed E-state index contributed by atoms with van der Waals surface area (Å²) in [6.45, 7) is 2.00. The number of pyridine rings is 2. The molecule has 2 aromatic heterocycles. The number of hydrogen-bond acceptors (Lipinski definition) is 4. The van der Waals surface area contributed by atoms with E-state index in [0.717, 1.165) is 28.6 Å². The van der Waals surface area contributed by atoms with Gasteiger partial charge in [-0.3, -0.25) is 4.98 Å². The normalized spacial score (nSPS) is 10.8. The van der Waals surface area contributed by atoms with Crippen molar-refractivity contribution in [3.8, 4) is 11.6 Å². The average molecular weight is 280 g/mol. The van der Waals surface area contributed by atoms with E-state index in [0.29, 0.717) is 11.6 Å². The fraction of sp³-hybridized carbons (Fsp3) is 0.176. The summed E-state index contributed by atoms with van der Waals surface area (Å²) in [7, 11) is 0. The van der Waals surface area contributed by atoms with Gasteiger partial charge in [-0.2, -0.15) is 0 Å². The van der Waals surface area contributed by atoms with Crippen molar-refractivity contribution >= 4 is 10.9 Å². The number of fused-ring (bicyclic) bond motifs is 1. The topological polar surface area (TPSA) is 55.2 Å². The molecule has 0 saturated heterocycles. The Kier molecular flexibility index (Phi) is 3.79. The van der Waals surface area contributed by atoms with Crippen molar-refractivity contribution in [1.29, 1.82) is 0 Å². The minimum atomic E-state index is -0.0248. The number of rotatable bonds is 4. The Hall–Kier alpha value is -2.46. The molecule has 0 spiro atoms. The van der Waals surface area contributed by atoms with Crippen LogP contribution in [0.2, 0.25) is 0 Å². The lowest BCUT2D eigenvalue weighted by molar-refractivity contribution is 0.281. The maximum absolute atomic E-state index is 9.33. The molecule has 0 radical (unpaired) electrons. The second kappa shape index (κ2) is 5.89. The first-order chi connectivity index (χ1) is 10.3. The number of ether oxygens (including phenoxy) is 1. The van der Waals surface area contributed by atoms with Gasteiger partial charge < -0.3 is 9.84 Å². The Bertz CT molecular complexity index is 744. The van der Waals surface area contributed by atoms with Gasteiger partial charge in [0.25, 0.3) is 0 Å². The average Bonchev–Trinajstić information content (AvgIpc) is 2.55. The van der Waals surface area contributed by atoms with Gasteiger partial charge in [-0.25, -0.2) is 4.98 Å². The highest BCUT2D eigenvalue weighted by atomic mass is 16.5. The van der Waals surface area contributed by atoms with Crippen molar-refractivity contribution in [3.63, 3.8) is 0 Å². The molecular formula is C17H16N2O2. The van der Waals surface area contributed by atoms with E-state index in [1.54, 1.807) is 12.3 Å². The van der Waals surface area contributed by atoms with Crippen LogP contribution in [0.3, 0.4) is 0 Å². The molecule has 21 heavy (non-hydrogen) atoms. The van der Waals surface area contributed by atoms with Gasteiger partial charge in [-0.05, 0) is 42.3 Å². The Balaban J connectivity index is 2.02. The number of aliphatic hydroxyl groups is 1. The van der Waals surface area contributed by atoms with Crippen LogP contribution in [0.5, 0.6) is 11.6 Å². The minimum Gasteiger partial charge on any atom is -0.438 e. The predicted molar refractivity (Wildman–Crippen MR) is 81.4 cm³/mol. The zero-order chi connectivity index (χ0) is 14.7. The van der Waals surface area contributed by atoms with Crippen LogP contribution in [0.1, 0.15) is 18.2 Å². The van der Waals surface area contributed by atoms with Crippen LogP contribution < -0.4 is 4.74 Å². The third-order valence-corrected chi connectivity index (χ3v) is 3.28. The fourth-order valence-corrected chi connectivity index (χ4v) is 2.22. The Morgan fingerprint density at radius 3 is 2.86 bits per heavy atom. The van der Waals surface area contributed by atoms with Crippen LogP contribution in [0.15, 0.2) is 48.7 Å². The molecule has 3 rings (SSSR count). The van der Waals surface area contributed by atoms with Crippen LogP contribution in [0, 0.1) is 0 Å². The Morgan fingerprint density at radius 1 is 1.14 bits per heavy atom. The first-order valence-corrected chi connectivity index (χ1v) is 6.92. The van der Waals surface area contributed by atoms with Gasteiger partial charge in [-0.15, -0.1) is 0 Å². The second-order valence-corrected chi connectivity index (χ2v) is 4.74. The van der Waals surface area contributed by atoms with Crippen LogP contribution in [0.25, 0.3) is 10.9 Å². The Labute approximate surface area is 123 Å². The van der Waals surface area contributed by atoms with Crippen molar-refractivity contribution in [2.45, 2.75) is 20.0 Å². The minimum absolute atomic E-state index is 0.0248. The molecule has 0 amide bonds. The first-order valence-electron chi connectivity index (χ1n) is 6.92. The summed E-state index contributed by atoms with van der Waals surface area (Å²) in [5, 5.41) is 10.3. The van der Waals surface area contributed by atoms with Crippen molar-refractivity contribution < 1.29 is 9.84 Å². The van der Waals surface area contributed by atoms with Crippen LogP contribution in [-0.2, 0) is 13.0 Å². The molecule has 106 valence electrons. The molecule has 1 aromatic carbocycles. The molecule has 4 heteroatoms. The fourth-order valence-electron chi connectivity index (χ4n) is 2.22. The van der Waals surface area contributed by atoms with E-state index in [4.69, 9.17) is 4.74 Å². The van der Waals surface area contributed by atoms with Crippen molar-refractivity contribution in [1.82, 2.24) is 9.97 Å². The van der Waals surface area contributed by atoms with E-state index < -0.39 is 0 Å². The van der Waals surface area contributed by atoms with Gasteiger partial charge in [0, 0.05) is 23.3 Å². The van der Waals surface area contributed by atoms with E-state index >= 15 is 0 Å². The monoisotopic (exact) mass is 280 g/mol. The molecule has 0 unspecified atom stereocenters. The third-order valence-electron chi connectivity index (χ3n) is 3.28. The standard InChI is InChI=1S/C17H16N2O2/c1-2-13-9-12(11-20)10-17(19-13)21-16-7-3-6-15-14(16)5-4-8-18-15/h3-10,20H,2,11H2,1H3. The van der Waals surface area contributed by atoms with Crippen LogP contribution >= 0.6 is 0 Å². The third kappa shape index (κ3) is 2.85. The molecule has 0 aliphatic carbocycles. The molecule has 0 atom stereocenters. The highest BCUT2D eigenvalue weighted by Gasteiger charge is 2.07. The van der Waals surface area contributed by atoms with Crippen LogP contribution in [0.4, 0.5) is 0 Å². The summed E-state index contributed by atoms with van der Waals surface area (Å²) >= 11 is 0. The molecule has 4 nitrogen and oxygen atoms in total. The molecular weight excluding hydrogens is 264 g/mol. The van der Waals surface area contributed by atoms with Gasteiger partial charge in [0.15, 0.2) is 0 Å². The highest BCUT2D eigenvalue weighted by molar-refractivity contribution is 5.85. The molecule has 2 heterocycles. The smallest absolute Gasteiger partial charge is 0.219 e. The lowest BCUT2D eigenvalue weighted by Gasteiger charge is -2.10. The summed E-state index contributed by atoms with van der Waals surface area (Å²) in [6.07, 6.45) is 2.55. The number of hydrogen-bond donors (Lipinski definition) is 1. The van der Waals surface area contributed by atoms with E-state index in [2.05, 4.69) is 9.97 Å². The van der Waals surface area contributed by atoms with Gasteiger partial charge in [-0.1, -0.05) is 13.0 Å². The molecule has 0 aliphatic heterocycles. The molecule has 0 bridgehead atoms. The summed E-state index contributed by atoms with van der Waals surface area (Å²) in [5.41, 5.74) is 2.58. The van der Waals surface area contributed by atoms with Crippen molar-refractivity contribution in [3.05, 3.63) is 59.9 Å². The Morgan fingerprint density at radius 2 is 2.05 bits per heavy atom. The van der Waals surface area contributed by atoms with E-state index in [-0.39, 0.29) is 6.61 Å². The predicted octanol–water partition coefficient (Wildman–Crippen LogP) is 3.48. The summed E-state index contributed by atoms with van der Waals surface area (Å²) in [5.74, 6) is 1.21. The summed E-state index contributed by atoms with van der Waals surface area (Å²) in [4.78, 5) is 8.76. The SMILES string of the molecule is CCc1cc(CO)cc(Oc2cccc3ncccc23)n1. The zero-order valence-electron chi connectivity index (χ0n) is 11.8. The molecule has 3 aromatic rings. The number of aliphatic hydroxyl groups excluding tert-OH is 1.